The van der Waals surface area contributed by atoms with E-state index in [9.17, 15) is 19.0 Å². The van der Waals surface area contributed by atoms with Gasteiger partial charge in [0.25, 0.3) is 7.82 Å². The normalized spacial score (nSPS) is 14.4. The van der Waals surface area contributed by atoms with Crippen molar-refractivity contribution >= 4 is 19.8 Å². The third kappa shape index (κ3) is 51.8. The van der Waals surface area contributed by atoms with Crippen molar-refractivity contribution in [3.8, 4) is 0 Å². The first-order valence-corrected chi connectivity index (χ1v) is 27.7. The second kappa shape index (κ2) is 48.4. The third-order valence-corrected chi connectivity index (χ3v) is 11.5. The smallest absolute Gasteiger partial charge is 0.306 e. The lowest BCUT2D eigenvalue weighted by Gasteiger charge is -2.28. The highest BCUT2D eigenvalue weighted by Gasteiger charge is 2.21. The van der Waals surface area contributed by atoms with Crippen LogP contribution < -0.4 is 4.89 Å². The van der Waals surface area contributed by atoms with Crippen molar-refractivity contribution in [3.63, 3.8) is 0 Å². The van der Waals surface area contributed by atoms with Crippen LogP contribution in [0.25, 0.3) is 0 Å². The lowest BCUT2D eigenvalue weighted by atomic mass is 10.0. The molecular formula is C58H96NO8P. The Hall–Kier alpha value is -3.59. The van der Waals surface area contributed by atoms with E-state index in [0.29, 0.717) is 23.9 Å². The quantitative estimate of drug-likeness (QED) is 0.0195. The van der Waals surface area contributed by atoms with Gasteiger partial charge in [0, 0.05) is 12.8 Å². The molecule has 0 aromatic carbocycles. The molecule has 0 spiro atoms. The van der Waals surface area contributed by atoms with Crippen molar-refractivity contribution in [1.29, 1.82) is 0 Å². The number of esters is 2. The number of hydrogen-bond donors (Lipinski definition) is 0. The molecule has 9 nitrogen and oxygen atoms in total. The number of unbranched alkanes of at least 4 members (excludes halogenated alkanes) is 12. The zero-order chi connectivity index (χ0) is 49.9. The number of rotatable bonds is 46. The van der Waals surface area contributed by atoms with Crippen LogP contribution in [-0.2, 0) is 32.7 Å². The number of allylic oxidation sites excluding steroid dienone is 20. The average molecular weight is 966 g/mol. The highest BCUT2D eigenvalue weighted by Crippen LogP contribution is 2.38. The van der Waals surface area contributed by atoms with Crippen LogP contribution in [0.15, 0.2) is 122 Å². The number of ether oxygens (including phenoxy) is 2. The number of phosphoric acid groups is 1. The Labute approximate surface area is 416 Å². The fourth-order valence-corrected chi connectivity index (χ4v) is 7.22. The summed E-state index contributed by atoms with van der Waals surface area (Å²) in [5, 5.41) is 0. The highest BCUT2D eigenvalue weighted by molar-refractivity contribution is 7.45. The molecule has 0 rings (SSSR count). The molecule has 2 atom stereocenters. The molecule has 0 aromatic heterocycles. The van der Waals surface area contributed by atoms with Crippen molar-refractivity contribution in [3.05, 3.63) is 122 Å². The molecule has 0 aromatic rings. The minimum Gasteiger partial charge on any atom is -0.756 e. The Morgan fingerprint density at radius 3 is 1.24 bits per heavy atom. The molecule has 0 amide bonds. The van der Waals surface area contributed by atoms with E-state index in [2.05, 4.69) is 123 Å². The van der Waals surface area contributed by atoms with Gasteiger partial charge in [-0.3, -0.25) is 14.2 Å². The first-order valence-electron chi connectivity index (χ1n) is 26.2. The third-order valence-electron chi connectivity index (χ3n) is 10.5. The van der Waals surface area contributed by atoms with Crippen LogP contribution in [0, 0.1) is 0 Å². The topological polar surface area (TPSA) is 111 Å². The van der Waals surface area contributed by atoms with Crippen LogP contribution >= 0.6 is 7.82 Å². The summed E-state index contributed by atoms with van der Waals surface area (Å²) in [5.41, 5.74) is 0. The molecule has 0 aliphatic carbocycles. The van der Waals surface area contributed by atoms with Crippen LogP contribution in [0.3, 0.4) is 0 Å². The average Bonchev–Trinajstić information content (AvgIpc) is 3.30. The summed E-state index contributed by atoms with van der Waals surface area (Å²) >= 11 is 0. The molecule has 0 fully saturated rings. The Balaban J connectivity index is 4.20. The van der Waals surface area contributed by atoms with Crippen LogP contribution in [0.1, 0.15) is 181 Å². The van der Waals surface area contributed by atoms with E-state index in [0.717, 1.165) is 83.5 Å². The molecule has 0 N–H and O–H groups in total. The Kier molecular flexibility index (Phi) is 45.9. The Morgan fingerprint density at radius 2 is 0.824 bits per heavy atom. The number of nitrogens with zero attached hydrogens (tertiary/aromatic N) is 1. The lowest BCUT2D eigenvalue weighted by molar-refractivity contribution is -0.870. The summed E-state index contributed by atoms with van der Waals surface area (Å²) in [4.78, 5) is 37.6. The van der Waals surface area contributed by atoms with E-state index in [-0.39, 0.29) is 26.1 Å². The molecular weight excluding hydrogens is 870 g/mol. The SMILES string of the molecule is CC/C=C\C/C=C\C/C=C\C/C=C\C/C=C\C/C=C\CCCCCCCCCCCCCCC(=O)OC(COC(=O)CC/C=C\C/C=C\C/C=C\C/C=C\CC)COP(=O)([O-])OCC[N+](C)(C)C. The van der Waals surface area contributed by atoms with Gasteiger partial charge in [-0.15, -0.1) is 0 Å². The van der Waals surface area contributed by atoms with Crippen molar-refractivity contribution < 1.29 is 42.1 Å². The fourth-order valence-electron chi connectivity index (χ4n) is 6.49. The molecule has 0 aliphatic heterocycles. The molecule has 0 saturated carbocycles. The van der Waals surface area contributed by atoms with Crippen molar-refractivity contribution in [2.24, 2.45) is 0 Å². The van der Waals surface area contributed by atoms with Gasteiger partial charge < -0.3 is 27.9 Å². The fraction of sp³-hybridized carbons (Fsp3) is 0.621. The summed E-state index contributed by atoms with van der Waals surface area (Å²) < 4.78 is 33.9. The van der Waals surface area contributed by atoms with Crippen LogP contribution in [0.4, 0.5) is 0 Å². The second-order valence-corrected chi connectivity index (χ2v) is 19.5. The standard InChI is InChI=1S/C58H96NO8P/c1-6-8-10-12-14-16-18-20-21-22-23-24-25-26-27-28-29-30-31-32-33-34-35-36-37-39-41-43-45-47-49-51-58(61)67-56(55-66-68(62,63)65-53-52-59(3,4)5)54-64-57(60)50-48-46-44-42-40-38-19-17-15-13-11-9-7-2/h8-11,14-17,20-21,23-24,26-27,29-30,38,40,44,46,56H,6-7,12-13,18-19,22,25,28,31-37,39,41-43,45,47-55H2,1-5H3/b10-8-,11-9-,16-14-,17-15-,21-20-,24-23-,27-26-,30-29-,40-38-,46-44-. The van der Waals surface area contributed by atoms with Gasteiger partial charge in [-0.2, -0.15) is 0 Å². The van der Waals surface area contributed by atoms with Gasteiger partial charge in [0.2, 0.25) is 0 Å². The monoisotopic (exact) mass is 966 g/mol. The Morgan fingerprint density at radius 1 is 0.456 bits per heavy atom. The van der Waals surface area contributed by atoms with Crippen molar-refractivity contribution in [1.82, 2.24) is 0 Å². The van der Waals surface area contributed by atoms with Crippen molar-refractivity contribution in [2.45, 2.75) is 187 Å². The van der Waals surface area contributed by atoms with Gasteiger partial charge in [-0.1, -0.05) is 200 Å². The molecule has 68 heavy (non-hydrogen) atoms. The predicted octanol–water partition coefficient (Wildman–Crippen LogP) is 15.4. The minimum atomic E-state index is -4.65. The number of carbonyl (C=O) groups excluding carboxylic acids is 2. The molecule has 0 aliphatic rings. The molecule has 0 bridgehead atoms. The summed E-state index contributed by atoms with van der Waals surface area (Å²) in [6.07, 6.45) is 68.4. The van der Waals surface area contributed by atoms with Crippen LogP contribution in [0.2, 0.25) is 0 Å². The first kappa shape index (κ1) is 64.4. The molecule has 0 radical (unpaired) electrons. The lowest BCUT2D eigenvalue weighted by Crippen LogP contribution is -2.37. The second-order valence-electron chi connectivity index (χ2n) is 18.1. The molecule has 10 heteroatoms. The highest BCUT2D eigenvalue weighted by atomic mass is 31.2. The number of hydrogen-bond acceptors (Lipinski definition) is 8. The van der Waals surface area contributed by atoms with Gasteiger partial charge in [-0.05, 0) is 89.9 Å². The minimum absolute atomic E-state index is 0.0478. The summed E-state index contributed by atoms with van der Waals surface area (Å²) in [5.74, 6) is -0.941. The summed E-state index contributed by atoms with van der Waals surface area (Å²) in [7, 11) is 1.11. The number of likely N-dealkylation sites (N-methyl/N-ethyl adjacent to an activating group) is 1. The van der Waals surface area contributed by atoms with E-state index in [1.54, 1.807) is 0 Å². The molecule has 0 heterocycles. The number of carbonyl (C=O) groups is 2. The predicted molar refractivity (Wildman–Crippen MR) is 286 cm³/mol. The van der Waals surface area contributed by atoms with Gasteiger partial charge in [-0.25, -0.2) is 0 Å². The van der Waals surface area contributed by atoms with Gasteiger partial charge >= 0.3 is 11.9 Å². The largest absolute Gasteiger partial charge is 0.756 e. The zero-order valence-electron chi connectivity index (χ0n) is 43.5. The Bertz CT molecular complexity index is 1560. The van der Waals surface area contributed by atoms with E-state index in [4.69, 9.17) is 18.5 Å². The maximum atomic E-state index is 12.7. The van der Waals surface area contributed by atoms with Gasteiger partial charge in [0.05, 0.1) is 27.7 Å². The van der Waals surface area contributed by atoms with E-state index in [1.807, 2.05) is 33.3 Å². The zero-order valence-corrected chi connectivity index (χ0v) is 44.4. The van der Waals surface area contributed by atoms with Gasteiger partial charge in [0.1, 0.15) is 19.8 Å². The van der Waals surface area contributed by atoms with Crippen molar-refractivity contribution in [2.75, 3.05) is 47.5 Å². The summed E-state index contributed by atoms with van der Waals surface area (Å²) in [6.45, 7) is 3.89. The maximum Gasteiger partial charge on any atom is 0.306 e. The molecule has 2 unspecified atom stereocenters. The van der Waals surface area contributed by atoms with E-state index in [1.165, 1.54) is 57.8 Å². The number of quaternary nitrogens is 1. The van der Waals surface area contributed by atoms with E-state index >= 15 is 0 Å². The van der Waals surface area contributed by atoms with Crippen LogP contribution in [-0.4, -0.2) is 70.0 Å². The van der Waals surface area contributed by atoms with Crippen LogP contribution in [0.5, 0.6) is 0 Å². The summed E-state index contributed by atoms with van der Waals surface area (Å²) in [6, 6.07) is 0. The van der Waals surface area contributed by atoms with Gasteiger partial charge in [0.15, 0.2) is 6.10 Å². The first-order chi connectivity index (χ1) is 33.0. The molecule has 386 valence electrons. The maximum absolute atomic E-state index is 12.7. The number of phosphoric ester groups is 1. The van der Waals surface area contributed by atoms with E-state index < -0.39 is 32.5 Å². The molecule has 0 saturated heterocycles.